The maximum Gasteiger partial charge on any atom is 0.263 e. The number of carbonyl (C=O) groups excluding carboxylic acids is 1. The van der Waals surface area contributed by atoms with Gasteiger partial charge < -0.3 is 9.88 Å². The molecule has 2 aromatic heterocycles. The van der Waals surface area contributed by atoms with E-state index in [9.17, 15) is 9.18 Å². The van der Waals surface area contributed by atoms with Crippen LogP contribution in [0.3, 0.4) is 0 Å². The molecule has 27 heavy (non-hydrogen) atoms. The second-order valence-electron chi connectivity index (χ2n) is 6.26. The number of thiazole rings is 1. The molecule has 136 valence electrons. The summed E-state index contributed by atoms with van der Waals surface area (Å²) in [5.41, 5.74) is 2.64. The summed E-state index contributed by atoms with van der Waals surface area (Å²) in [4.78, 5) is 17.6. The average Bonchev–Trinajstić information content (AvgIpc) is 3.26. The summed E-state index contributed by atoms with van der Waals surface area (Å²) >= 11 is 1.32. The quantitative estimate of drug-likeness (QED) is 0.549. The van der Waals surface area contributed by atoms with E-state index >= 15 is 0 Å². The Hall–Kier alpha value is -2.99. The normalized spacial score (nSPS) is 11.0. The number of amides is 1. The first-order chi connectivity index (χ1) is 13.1. The van der Waals surface area contributed by atoms with Gasteiger partial charge in [-0.2, -0.15) is 0 Å². The average molecular weight is 379 g/mol. The summed E-state index contributed by atoms with van der Waals surface area (Å²) in [7, 11) is 0. The van der Waals surface area contributed by atoms with Gasteiger partial charge >= 0.3 is 0 Å². The van der Waals surface area contributed by atoms with Gasteiger partial charge in [-0.25, -0.2) is 9.37 Å². The van der Waals surface area contributed by atoms with Crippen molar-refractivity contribution in [2.75, 3.05) is 6.54 Å². The van der Waals surface area contributed by atoms with Crippen molar-refractivity contribution in [3.63, 3.8) is 0 Å². The Balaban J connectivity index is 1.43. The number of hydrogen-bond acceptors (Lipinski definition) is 3. The lowest BCUT2D eigenvalue weighted by Crippen LogP contribution is -2.26. The molecule has 4 nitrogen and oxygen atoms in total. The van der Waals surface area contributed by atoms with E-state index in [0.717, 1.165) is 11.1 Å². The SMILES string of the molecule is Cc1nc(-c2ccc(F)cc2)sc1C(=O)NCCn1ccc2ccccc21. The number of benzene rings is 2. The molecule has 0 fully saturated rings. The number of aromatic nitrogens is 2. The predicted molar refractivity (Wildman–Crippen MR) is 107 cm³/mol. The summed E-state index contributed by atoms with van der Waals surface area (Å²) in [6, 6.07) is 16.4. The second-order valence-corrected chi connectivity index (χ2v) is 7.26. The van der Waals surface area contributed by atoms with Crippen molar-refractivity contribution < 1.29 is 9.18 Å². The summed E-state index contributed by atoms with van der Waals surface area (Å²) in [6.45, 7) is 3.04. The third-order valence-corrected chi connectivity index (χ3v) is 5.62. The Morgan fingerprint density at radius 3 is 2.74 bits per heavy atom. The fraction of sp³-hybridized carbons (Fsp3) is 0.143. The number of rotatable bonds is 5. The molecule has 0 aliphatic rings. The first-order valence-electron chi connectivity index (χ1n) is 8.67. The monoisotopic (exact) mass is 379 g/mol. The lowest BCUT2D eigenvalue weighted by molar-refractivity contribution is 0.0955. The van der Waals surface area contributed by atoms with Crippen LogP contribution in [0.15, 0.2) is 60.8 Å². The Labute approximate surface area is 160 Å². The number of carbonyl (C=O) groups is 1. The standard InChI is InChI=1S/C21H18FN3OS/c1-14-19(27-21(24-14)16-6-8-17(22)9-7-16)20(26)23-11-13-25-12-10-15-4-2-3-5-18(15)25/h2-10,12H,11,13H2,1H3,(H,23,26). The molecular formula is C21H18FN3OS. The fourth-order valence-electron chi connectivity index (χ4n) is 3.03. The van der Waals surface area contributed by atoms with Crippen LogP contribution in [0.2, 0.25) is 0 Å². The molecule has 4 rings (SSSR count). The third kappa shape index (κ3) is 3.61. The third-order valence-electron chi connectivity index (χ3n) is 4.41. The van der Waals surface area contributed by atoms with E-state index in [1.807, 2.05) is 25.3 Å². The van der Waals surface area contributed by atoms with E-state index < -0.39 is 0 Å². The first-order valence-corrected chi connectivity index (χ1v) is 9.49. The highest BCUT2D eigenvalue weighted by Crippen LogP contribution is 2.28. The van der Waals surface area contributed by atoms with Crippen molar-refractivity contribution >= 4 is 28.1 Å². The van der Waals surface area contributed by atoms with E-state index in [1.165, 1.54) is 28.9 Å². The van der Waals surface area contributed by atoms with Crippen LogP contribution in [0.4, 0.5) is 4.39 Å². The van der Waals surface area contributed by atoms with Crippen LogP contribution in [0.1, 0.15) is 15.4 Å². The Morgan fingerprint density at radius 1 is 1.15 bits per heavy atom. The number of fused-ring (bicyclic) bond motifs is 1. The molecule has 6 heteroatoms. The zero-order valence-electron chi connectivity index (χ0n) is 14.8. The molecule has 4 aromatic rings. The maximum atomic E-state index is 13.1. The van der Waals surface area contributed by atoms with Crippen molar-refractivity contribution in [3.05, 3.63) is 77.2 Å². The molecule has 0 aliphatic heterocycles. The molecule has 1 N–H and O–H groups in total. The molecule has 0 saturated heterocycles. The minimum atomic E-state index is -0.289. The lowest BCUT2D eigenvalue weighted by Gasteiger charge is -2.07. The van der Waals surface area contributed by atoms with Gasteiger partial charge in [-0.3, -0.25) is 4.79 Å². The summed E-state index contributed by atoms with van der Waals surface area (Å²) in [5, 5.41) is 4.87. The molecule has 0 saturated carbocycles. The van der Waals surface area contributed by atoms with Crippen LogP contribution in [0, 0.1) is 12.7 Å². The van der Waals surface area contributed by atoms with E-state index in [-0.39, 0.29) is 11.7 Å². The molecule has 0 radical (unpaired) electrons. The van der Waals surface area contributed by atoms with E-state index in [2.05, 4.69) is 33.1 Å². The number of nitrogens with one attached hydrogen (secondary N) is 1. The van der Waals surface area contributed by atoms with Gasteiger partial charge in [0.25, 0.3) is 5.91 Å². The van der Waals surface area contributed by atoms with Gasteiger partial charge in [-0.05, 0) is 48.7 Å². The fourth-order valence-corrected chi connectivity index (χ4v) is 4.02. The Kier molecular flexibility index (Phi) is 4.73. The number of para-hydroxylation sites is 1. The lowest BCUT2D eigenvalue weighted by atomic mass is 10.2. The minimum Gasteiger partial charge on any atom is -0.349 e. The molecule has 2 heterocycles. The van der Waals surface area contributed by atoms with Crippen molar-refractivity contribution in [1.29, 1.82) is 0 Å². The van der Waals surface area contributed by atoms with Gasteiger partial charge in [0.2, 0.25) is 0 Å². The Morgan fingerprint density at radius 2 is 1.93 bits per heavy atom. The topological polar surface area (TPSA) is 46.9 Å². The van der Waals surface area contributed by atoms with Crippen LogP contribution in [0.25, 0.3) is 21.5 Å². The van der Waals surface area contributed by atoms with Gasteiger partial charge in [0.15, 0.2) is 0 Å². The highest BCUT2D eigenvalue weighted by Gasteiger charge is 2.16. The van der Waals surface area contributed by atoms with Crippen molar-refractivity contribution in [2.45, 2.75) is 13.5 Å². The highest BCUT2D eigenvalue weighted by molar-refractivity contribution is 7.17. The second kappa shape index (κ2) is 7.32. The molecule has 0 bridgehead atoms. The van der Waals surface area contributed by atoms with Crippen LogP contribution in [-0.2, 0) is 6.54 Å². The van der Waals surface area contributed by atoms with Crippen molar-refractivity contribution in [3.8, 4) is 10.6 Å². The van der Waals surface area contributed by atoms with Gasteiger partial charge in [-0.1, -0.05) is 18.2 Å². The molecule has 1 amide bonds. The number of hydrogen-bond donors (Lipinski definition) is 1. The minimum absolute atomic E-state index is 0.130. The van der Waals surface area contributed by atoms with Crippen molar-refractivity contribution in [2.24, 2.45) is 0 Å². The summed E-state index contributed by atoms with van der Waals surface area (Å²) in [6.07, 6.45) is 2.03. The molecule has 0 aliphatic carbocycles. The number of halogens is 1. The van der Waals surface area contributed by atoms with Crippen LogP contribution >= 0.6 is 11.3 Å². The molecule has 0 atom stereocenters. The summed E-state index contributed by atoms with van der Waals surface area (Å²) < 4.78 is 15.2. The molecule has 2 aromatic carbocycles. The van der Waals surface area contributed by atoms with E-state index in [1.54, 1.807) is 12.1 Å². The largest absolute Gasteiger partial charge is 0.349 e. The zero-order chi connectivity index (χ0) is 18.8. The predicted octanol–water partition coefficient (Wildman–Crippen LogP) is 4.64. The van der Waals surface area contributed by atoms with Crippen molar-refractivity contribution in [1.82, 2.24) is 14.9 Å². The van der Waals surface area contributed by atoms with E-state index in [0.29, 0.717) is 28.7 Å². The molecular weight excluding hydrogens is 361 g/mol. The zero-order valence-corrected chi connectivity index (χ0v) is 15.6. The molecule has 0 unspecified atom stereocenters. The van der Waals surface area contributed by atoms with Gasteiger partial charge in [0.1, 0.15) is 15.7 Å². The molecule has 0 spiro atoms. The van der Waals surface area contributed by atoms with Gasteiger partial charge in [0.05, 0.1) is 5.69 Å². The van der Waals surface area contributed by atoms with Crippen LogP contribution in [0.5, 0.6) is 0 Å². The maximum absolute atomic E-state index is 13.1. The first kappa shape index (κ1) is 17.4. The number of nitrogens with zero attached hydrogens (tertiary/aromatic N) is 2. The van der Waals surface area contributed by atoms with Crippen LogP contribution < -0.4 is 5.32 Å². The summed E-state index contributed by atoms with van der Waals surface area (Å²) in [5.74, 6) is -0.419. The van der Waals surface area contributed by atoms with Gasteiger partial charge in [0, 0.05) is 30.4 Å². The van der Waals surface area contributed by atoms with Gasteiger partial charge in [-0.15, -0.1) is 11.3 Å². The highest BCUT2D eigenvalue weighted by atomic mass is 32.1. The smallest absolute Gasteiger partial charge is 0.263 e. The van der Waals surface area contributed by atoms with E-state index in [4.69, 9.17) is 0 Å². The number of aryl methyl sites for hydroxylation is 1. The Bertz CT molecular complexity index is 1100. The van der Waals surface area contributed by atoms with Crippen LogP contribution in [-0.4, -0.2) is 22.0 Å².